The van der Waals surface area contributed by atoms with Crippen LogP contribution in [0.3, 0.4) is 0 Å². The van der Waals surface area contributed by atoms with Crippen molar-refractivity contribution in [2.24, 2.45) is 5.73 Å². The van der Waals surface area contributed by atoms with Crippen LogP contribution in [0.1, 0.15) is 31.2 Å². The number of ether oxygens (including phenoxy) is 2. The highest BCUT2D eigenvalue weighted by Crippen LogP contribution is 2.30. The van der Waals surface area contributed by atoms with E-state index in [0.717, 1.165) is 17.5 Å². The van der Waals surface area contributed by atoms with E-state index >= 15 is 0 Å². The number of hydrogen-bond donors (Lipinski definition) is 1. The summed E-state index contributed by atoms with van der Waals surface area (Å²) in [5, 5.41) is 2.05. The molecule has 0 aliphatic rings. The van der Waals surface area contributed by atoms with Crippen molar-refractivity contribution in [1.29, 1.82) is 0 Å². The molecule has 1 aromatic rings. The zero-order valence-corrected chi connectivity index (χ0v) is 12.7. The quantitative estimate of drug-likeness (QED) is 0.747. The summed E-state index contributed by atoms with van der Waals surface area (Å²) in [6.07, 6.45) is 0.867. The van der Waals surface area contributed by atoms with Crippen molar-refractivity contribution < 1.29 is 9.47 Å². The third kappa shape index (κ3) is 5.06. The highest BCUT2D eigenvalue weighted by molar-refractivity contribution is 9.10. The van der Waals surface area contributed by atoms with Crippen molar-refractivity contribution in [2.75, 3.05) is 19.8 Å². The summed E-state index contributed by atoms with van der Waals surface area (Å²) in [6, 6.07) is 2.10. The van der Waals surface area contributed by atoms with Crippen molar-refractivity contribution in [3.05, 3.63) is 20.8 Å². The summed E-state index contributed by atoms with van der Waals surface area (Å²) in [7, 11) is 0. The van der Waals surface area contributed by atoms with Crippen LogP contribution in [0.5, 0.6) is 0 Å². The minimum atomic E-state index is -0.0308. The van der Waals surface area contributed by atoms with Crippen LogP contribution in [0.4, 0.5) is 0 Å². The van der Waals surface area contributed by atoms with Crippen LogP contribution in [0.25, 0.3) is 0 Å². The molecule has 2 unspecified atom stereocenters. The molecule has 0 aliphatic heterocycles. The van der Waals surface area contributed by atoms with Gasteiger partial charge in [0.25, 0.3) is 0 Å². The molecule has 0 aliphatic carbocycles. The van der Waals surface area contributed by atoms with E-state index < -0.39 is 0 Å². The third-order valence-electron chi connectivity index (χ3n) is 2.46. The van der Waals surface area contributed by atoms with Gasteiger partial charge in [-0.25, -0.2) is 0 Å². The van der Waals surface area contributed by atoms with Crippen molar-refractivity contribution in [2.45, 2.75) is 32.4 Å². The van der Waals surface area contributed by atoms with Crippen molar-refractivity contribution in [3.63, 3.8) is 0 Å². The second-order valence-corrected chi connectivity index (χ2v) is 5.59. The first-order valence-electron chi connectivity index (χ1n) is 5.87. The maximum absolute atomic E-state index is 6.10. The molecule has 2 atom stereocenters. The molecule has 1 aromatic heterocycles. The van der Waals surface area contributed by atoms with E-state index in [0.29, 0.717) is 13.2 Å². The van der Waals surface area contributed by atoms with Gasteiger partial charge >= 0.3 is 0 Å². The second-order valence-electron chi connectivity index (χ2n) is 3.73. The molecule has 1 rings (SSSR count). The van der Waals surface area contributed by atoms with Gasteiger partial charge < -0.3 is 15.2 Å². The number of halogens is 1. The Morgan fingerprint density at radius 2 is 2.18 bits per heavy atom. The normalized spacial score (nSPS) is 14.8. The Morgan fingerprint density at radius 1 is 1.41 bits per heavy atom. The van der Waals surface area contributed by atoms with Crippen LogP contribution >= 0.6 is 27.3 Å². The Labute approximate surface area is 115 Å². The van der Waals surface area contributed by atoms with E-state index in [1.807, 2.05) is 6.92 Å². The summed E-state index contributed by atoms with van der Waals surface area (Å²) in [6.45, 7) is 5.98. The van der Waals surface area contributed by atoms with Crippen LogP contribution in [0.15, 0.2) is 15.9 Å². The van der Waals surface area contributed by atoms with Crippen LogP contribution in [-0.2, 0) is 9.47 Å². The van der Waals surface area contributed by atoms with Gasteiger partial charge in [0.05, 0.1) is 13.2 Å². The van der Waals surface area contributed by atoms with Gasteiger partial charge in [-0.2, -0.15) is 0 Å². The lowest BCUT2D eigenvalue weighted by molar-refractivity contribution is -0.00387. The Hall–Kier alpha value is 0.0600. The Morgan fingerprint density at radius 3 is 2.71 bits per heavy atom. The molecule has 0 saturated carbocycles. The van der Waals surface area contributed by atoms with E-state index in [-0.39, 0.29) is 12.1 Å². The first-order chi connectivity index (χ1) is 8.19. The lowest BCUT2D eigenvalue weighted by Crippen LogP contribution is -2.29. The smallest absolute Gasteiger partial charge is 0.107 e. The zero-order chi connectivity index (χ0) is 12.7. The fraction of sp³-hybridized carbons (Fsp3) is 0.667. The summed E-state index contributed by atoms with van der Waals surface area (Å²) in [5.74, 6) is 0. The Balaban J connectivity index is 2.55. The molecule has 0 aromatic carbocycles. The molecule has 0 fully saturated rings. The van der Waals surface area contributed by atoms with Crippen molar-refractivity contribution >= 4 is 27.3 Å². The van der Waals surface area contributed by atoms with Gasteiger partial charge in [0, 0.05) is 27.4 Å². The topological polar surface area (TPSA) is 44.5 Å². The molecular weight excluding hydrogens is 302 g/mol. The molecule has 0 amide bonds. The van der Waals surface area contributed by atoms with Crippen molar-refractivity contribution in [3.8, 4) is 0 Å². The number of hydrogen-bond acceptors (Lipinski definition) is 4. The van der Waals surface area contributed by atoms with Crippen LogP contribution in [-0.4, -0.2) is 25.9 Å². The summed E-state index contributed by atoms with van der Waals surface area (Å²) in [4.78, 5) is 1.17. The van der Waals surface area contributed by atoms with Gasteiger partial charge in [0.2, 0.25) is 0 Å². The number of thiophene rings is 1. The van der Waals surface area contributed by atoms with Crippen LogP contribution < -0.4 is 5.73 Å². The molecular formula is C12H20BrNO2S. The monoisotopic (exact) mass is 321 g/mol. The SMILES string of the molecule is CCOCCOC(c1cc(Br)cs1)C(N)CC. The Kier molecular flexibility index (Phi) is 7.30. The summed E-state index contributed by atoms with van der Waals surface area (Å²) in [5.41, 5.74) is 6.10. The average molecular weight is 322 g/mol. The summed E-state index contributed by atoms with van der Waals surface area (Å²) < 4.78 is 12.2. The molecule has 0 saturated heterocycles. The van der Waals surface area contributed by atoms with E-state index in [4.69, 9.17) is 15.2 Å². The number of nitrogens with two attached hydrogens (primary N) is 1. The molecule has 0 bridgehead atoms. The third-order valence-corrected chi connectivity index (χ3v) is 4.21. The molecule has 0 spiro atoms. The second kappa shape index (κ2) is 8.21. The van der Waals surface area contributed by atoms with E-state index in [1.54, 1.807) is 11.3 Å². The van der Waals surface area contributed by atoms with Gasteiger partial charge in [0.1, 0.15) is 6.10 Å². The lowest BCUT2D eigenvalue weighted by Gasteiger charge is -2.22. The average Bonchev–Trinajstić information content (AvgIpc) is 2.75. The molecule has 2 N–H and O–H groups in total. The highest BCUT2D eigenvalue weighted by Gasteiger charge is 2.20. The van der Waals surface area contributed by atoms with Gasteiger partial charge in [-0.15, -0.1) is 11.3 Å². The van der Waals surface area contributed by atoms with Crippen molar-refractivity contribution in [1.82, 2.24) is 0 Å². The predicted molar refractivity (Wildman–Crippen MR) is 75.5 cm³/mol. The maximum atomic E-state index is 6.10. The molecule has 1 heterocycles. The van der Waals surface area contributed by atoms with Crippen LogP contribution in [0, 0.1) is 0 Å². The summed E-state index contributed by atoms with van der Waals surface area (Å²) >= 11 is 5.13. The van der Waals surface area contributed by atoms with Gasteiger partial charge in [-0.05, 0) is 35.3 Å². The number of rotatable bonds is 8. The maximum Gasteiger partial charge on any atom is 0.107 e. The fourth-order valence-electron chi connectivity index (χ4n) is 1.49. The van der Waals surface area contributed by atoms with E-state index in [1.165, 1.54) is 4.88 Å². The molecule has 17 heavy (non-hydrogen) atoms. The first kappa shape index (κ1) is 15.1. The first-order valence-corrected chi connectivity index (χ1v) is 7.55. The van der Waals surface area contributed by atoms with Gasteiger partial charge in [0.15, 0.2) is 0 Å². The lowest BCUT2D eigenvalue weighted by atomic mass is 10.1. The van der Waals surface area contributed by atoms with E-state index in [2.05, 4.69) is 34.3 Å². The van der Waals surface area contributed by atoms with Gasteiger partial charge in [-0.1, -0.05) is 6.92 Å². The fourth-order valence-corrected chi connectivity index (χ4v) is 3.05. The molecule has 0 radical (unpaired) electrons. The molecule has 3 nitrogen and oxygen atoms in total. The zero-order valence-electron chi connectivity index (χ0n) is 10.3. The highest BCUT2D eigenvalue weighted by atomic mass is 79.9. The predicted octanol–water partition coefficient (Wildman–Crippen LogP) is 3.34. The minimum Gasteiger partial charge on any atom is -0.379 e. The Bertz CT molecular complexity index is 319. The molecule has 98 valence electrons. The van der Waals surface area contributed by atoms with Crippen LogP contribution in [0.2, 0.25) is 0 Å². The van der Waals surface area contributed by atoms with Gasteiger partial charge in [-0.3, -0.25) is 0 Å². The standard InChI is InChI=1S/C12H20BrNO2S/c1-3-10(14)12(16-6-5-15-4-2)11-7-9(13)8-17-11/h7-8,10,12H,3-6,14H2,1-2H3. The largest absolute Gasteiger partial charge is 0.379 e. The molecule has 5 heteroatoms. The minimum absolute atomic E-state index is 0.0298. The van der Waals surface area contributed by atoms with E-state index in [9.17, 15) is 0 Å².